The van der Waals surface area contributed by atoms with Crippen molar-refractivity contribution in [3.63, 3.8) is 0 Å². The molecular formula is C13H17N5OS. The van der Waals surface area contributed by atoms with Crippen LogP contribution in [0.3, 0.4) is 0 Å². The summed E-state index contributed by atoms with van der Waals surface area (Å²) in [5.41, 5.74) is 7.01. The summed E-state index contributed by atoms with van der Waals surface area (Å²) in [6, 6.07) is 7.67. The number of hydrogen-bond acceptors (Lipinski definition) is 3. The van der Waals surface area contributed by atoms with E-state index in [1.807, 2.05) is 31.2 Å². The molecule has 0 aliphatic carbocycles. The Kier molecular flexibility index (Phi) is 4.89. The van der Waals surface area contributed by atoms with E-state index in [2.05, 4.69) is 21.2 Å². The third kappa shape index (κ3) is 3.67. The topological polar surface area (TPSA) is 71.0 Å². The van der Waals surface area contributed by atoms with Gasteiger partial charge in [-0.15, -0.1) is 0 Å². The van der Waals surface area contributed by atoms with Crippen molar-refractivity contribution in [2.75, 3.05) is 6.54 Å². The second kappa shape index (κ2) is 6.85. The van der Waals surface area contributed by atoms with Crippen LogP contribution in [0.4, 0.5) is 0 Å². The maximum atomic E-state index is 11.8. The zero-order valence-electron chi connectivity index (χ0n) is 11.2. The minimum absolute atomic E-state index is 0.184. The second-order valence-corrected chi connectivity index (χ2v) is 4.70. The first kappa shape index (κ1) is 14.3. The number of para-hydroxylation sites is 2. The van der Waals surface area contributed by atoms with E-state index in [1.165, 1.54) is 0 Å². The molecule has 1 heterocycles. The van der Waals surface area contributed by atoms with Crippen molar-refractivity contribution in [1.82, 2.24) is 25.7 Å². The summed E-state index contributed by atoms with van der Waals surface area (Å²) in [5.74, 6) is -0.186. The van der Waals surface area contributed by atoms with Gasteiger partial charge in [0.05, 0.1) is 17.4 Å². The number of imidazole rings is 1. The minimum atomic E-state index is -0.186. The van der Waals surface area contributed by atoms with Crippen molar-refractivity contribution in [2.24, 2.45) is 0 Å². The lowest BCUT2D eigenvalue weighted by Crippen LogP contribution is -2.47. The van der Waals surface area contributed by atoms with Crippen molar-refractivity contribution < 1.29 is 4.79 Å². The Morgan fingerprint density at radius 3 is 2.95 bits per heavy atom. The van der Waals surface area contributed by atoms with Crippen molar-refractivity contribution >= 4 is 34.3 Å². The Bertz CT molecular complexity index is 610. The zero-order chi connectivity index (χ0) is 14.4. The molecule has 0 spiro atoms. The predicted octanol–water partition coefficient (Wildman–Crippen LogP) is 0.942. The molecule has 1 aromatic carbocycles. The van der Waals surface area contributed by atoms with Gasteiger partial charge in [0.2, 0.25) is 0 Å². The van der Waals surface area contributed by atoms with Gasteiger partial charge >= 0.3 is 0 Å². The molecule has 0 atom stereocenters. The first-order valence-electron chi connectivity index (χ1n) is 6.43. The molecule has 0 aliphatic rings. The average Bonchev–Trinajstić information content (AvgIpc) is 2.86. The molecule has 2 rings (SSSR count). The molecule has 0 saturated carbocycles. The van der Waals surface area contributed by atoms with E-state index in [9.17, 15) is 4.79 Å². The van der Waals surface area contributed by atoms with Crippen LogP contribution >= 0.6 is 12.2 Å². The highest BCUT2D eigenvalue weighted by Gasteiger charge is 2.06. The number of rotatable bonds is 4. The number of carbonyl (C=O) groups excluding carboxylic acids is 1. The van der Waals surface area contributed by atoms with Gasteiger partial charge in [0.15, 0.2) is 5.11 Å². The predicted molar refractivity (Wildman–Crippen MR) is 81.9 cm³/mol. The SMILES string of the molecule is CCCNC(=S)NNC(=O)Cn1cnc2ccccc21. The third-order valence-electron chi connectivity index (χ3n) is 2.69. The molecule has 106 valence electrons. The maximum absolute atomic E-state index is 11.8. The zero-order valence-corrected chi connectivity index (χ0v) is 12.0. The lowest BCUT2D eigenvalue weighted by molar-refractivity contribution is -0.122. The van der Waals surface area contributed by atoms with Crippen LogP contribution in [0, 0.1) is 0 Å². The van der Waals surface area contributed by atoms with Gasteiger partial charge in [0.1, 0.15) is 6.54 Å². The van der Waals surface area contributed by atoms with Crippen molar-refractivity contribution in [3.8, 4) is 0 Å². The number of aromatic nitrogens is 2. The molecule has 6 nitrogen and oxygen atoms in total. The van der Waals surface area contributed by atoms with Crippen molar-refractivity contribution in [1.29, 1.82) is 0 Å². The number of hydrazine groups is 1. The summed E-state index contributed by atoms with van der Waals surface area (Å²) in [6.45, 7) is 3.00. The Morgan fingerprint density at radius 1 is 1.35 bits per heavy atom. The van der Waals surface area contributed by atoms with Crippen molar-refractivity contribution in [3.05, 3.63) is 30.6 Å². The summed E-state index contributed by atoms with van der Waals surface area (Å²) in [4.78, 5) is 16.1. The Balaban J connectivity index is 1.87. The van der Waals surface area contributed by atoms with E-state index in [4.69, 9.17) is 12.2 Å². The molecule has 0 unspecified atom stereocenters. The molecule has 2 aromatic rings. The second-order valence-electron chi connectivity index (χ2n) is 4.29. The van der Waals surface area contributed by atoms with Crippen LogP contribution in [0.1, 0.15) is 13.3 Å². The van der Waals surface area contributed by atoms with Gasteiger partial charge in [-0.3, -0.25) is 15.6 Å². The first-order chi connectivity index (χ1) is 9.70. The highest BCUT2D eigenvalue weighted by Crippen LogP contribution is 2.11. The number of nitrogens with one attached hydrogen (secondary N) is 3. The van der Waals surface area contributed by atoms with Crippen LogP contribution in [0.2, 0.25) is 0 Å². The minimum Gasteiger partial charge on any atom is -0.361 e. The fourth-order valence-electron chi connectivity index (χ4n) is 1.74. The molecular weight excluding hydrogens is 274 g/mol. The van der Waals surface area contributed by atoms with Gasteiger partial charge < -0.3 is 9.88 Å². The van der Waals surface area contributed by atoms with Gasteiger partial charge in [-0.2, -0.15) is 0 Å². The van der Waals surface area contributed by atoms with Crippen LogP contribution < -0.4 is 16.2 Å². The molecule has 0 bridgehead atoms. The fraction of sp³-hybridized carbons (Fsp3) is 0.308. The molecule has 7 heteroatoms. The monoisotopic (exact) mass is 291 g/mol. The Labute approximate surface area is 122 Å². The van der Waals surface area contributed by atoms with Crippen LogP contribution in [0.5, 0.6) is 0 Å². The largest absolute Gasteiger partial charge is 0.361 e. The molecule has 0 fully saturated rings. The normalized spacial score (nSPS) is 10.2. The lowest BCUT2D eigenvalue weighted by Gasteiger charge is -2.11. The lowest BCUT2D eigenvalue weighted by atomic mass is 10.3. The molecule has 0 saturated heterocycles. The highest BCUT2D eigenvalue weighted by atomic mass is 32.1. The molecule has 1 amide bonds. The van der Waals surface area contributed by atoms with Gasteiger partial charge in [-0.05, 0) is 30.8 Å². The van der Waals surface area contributed by atoms with E-state index >= 15 is 0 Å². The molecule has 0 radical (unpaired) electrons. The number of hydrogen-bond donors (Lipinski definition) is 3. The highest BCUT2D eigenvalue weighted by molar-refractivity contribution is 7.80. The van der Waals surface area contributed by atoms with Crippen LogP contribution in [-0.4, -0.2) is 27.1 Å². The summed E-state index contributed by atoms with van der Waals surface area (Å²) in [6.07, 6.45) is 2.62. The first-order valence-corrected chi connectivity index (χ1v) is 6.84. The van der Waals surface area contributed by atoms with Crippen LogP contribution in [0.25, 0.3) is 11.0 Å². The summed E-state index contributed by atoms with van der Waals surface area (Å²) < 4.78 is 1.79. The molecule has 1 aromatic heterocycles. The maximum Gasteiger partial charge on any atom is 0.258 e. The van der Waals surface area contributed by atoms with E-state index in [0.29, 0.717) is 5.11 Å². The smallest absolute Gasteiger partial charge is 0.258 e. The van der Waals surface area contributed by atoms with E-state index < -0.39 is 0 Å². The van der Waals surface area contributed by atoms with Gasteiger partial charge in [0, 0.05) is 6.54 Å². The average molecular weight is 291 g/mol. The number of nitrogens with zero attached hydrogens (tertiary/aromatic N) is 2. The summed E-state index contributed by atoms with van der Waals surface area (Å²) in [7, 11) is 0. The van der Waals surface area contributed by atoms with Gasteiger partial charge in [-0.25, -0.2) is 4.98 Å². The number of benzene rings is 1. The molecule has 3 N–H and O–H groups in total. The van der Waals surface area contributed by atoms with E-state index in [0.717, 1.165) is 24.0 Å². The number of carbonyl (C=O) groups is 1. The van der Waals surface area contributed by atoms with Gasteiger partial charge in [-0.1, -0.05) is 19.1 Å². The van der Waals surface area contributed by atoms with Crippen LogP contribution in [-0.2, 0) is 11.3 Å². The molecule has 20 heavy (non-hydrogen) atoms. The van der Waals surface area contributed by atoms with E-state index in [1.54, 1.807) is 10.9 Å². The summed E-state index contributed by atoms with van der Waals surface area (Å²) in [5, 5.41) is 3.38. The Morgan fingerprint density at radius 2 is 2.15 bits per heavy atom. The number of amides is 1. The van der Waals surface area contributed by atoms with Gasteiger partial charge in [0.25, 0.3) is 5.91 Å². The quantitative estimate of drug-likeness (QED) is 0.578. The fourth-order valence-corrected chi connectivity index (χ4v) is 1.89. The van der Waals surface area contributed by atoms with Crippen molar-refractivity contribution in [2.45, 2.75) is 19.9 Å². The van der Waals surface area contributed by atoms with Crippen LogP contribution in [0.15, 0.2) is 30.6 Å². The number of thiocarbonyl (C=S) groups is 1. The summed E-state index contributed by atoms with van der Waals surface area (Å²) >= 11 is 5.01. The number of fused-ring (bicyclic) bond motifs is 1. The standard InChI is InChI=1S/C13H17N5OS/c1-2-7-14-13(20)17-16-12(19)8-18-9-15-10-5-3-4-6-11(10)18/h3-6,9H,2,7-8H2,1H3,(H,16,19)(H2,14,17,20). The third-order valence-corrected chi connectivity index (χ3v) is 2.94. The Hall–Kier alpha value is -2.15. The molecule has 0 aliphatic heterocycles. The van der Waals surface area contributed by atoms with E-state index in [-0.39, 0.29) is 12.5 Å².